The van der Waals surface area contributed by atoms with Crippen molar-refractivity contribution in [2.45, 2.75) is 0 Å². The highest BCUT2D eigenvalue weighted by atomic mass is 16.3. The first-order chi connectivity index (χ1) is 30.2. The third kappa shape index (κ3) is 6.06. The van der Waals surface area contributed by atoms with Gasteiger partial charge in [0, 0.05) is 44.3 Å². The highest BCUT2D eigenvalue weighted by Gasteiger charge is 2.17. The number of hydrogen-bond donors (Lipinski definition) is 0. The van der Waals surface area contributed by atoms with Crippen molar-refractivity contribution < 1.29 is 4.42 Å². The van der Waals surface area contributed by atoms with Crippen LogP contribution in [0.1, 0.15) is 0 Å². The molecule has 0 aliphatic heterocycles. The number of benzene rings is 10. The van der Waals surface area contributed by atoms with Crippen LogP contribution in [-0.4, -0.2) is 4.57 Å². The number of fused-ring (bicyclic) bond motifs is 7. The first-order valence-electron chi connectivity index (χ1n) is 20.8. The largest absolute Gasteiger partial charge is 0.456 e. The first-order valence-corrected chi connectivity index (χ1v) is 20.8. The van der Waals surface area contributed by atoms with Crippen LogP contribution >= 0.6 is 0 Å². The molecule has 0 saturated carbocycles. The van der Waals surface area contributed by atoms with Crippen LogP contribution in [-0.2, 0) is 0 Å². The maximum atomic E-state index is 6.29. The van der Waals surface area contributed by atoms with E-state index in [1.807, 2.05) is 12.1 Å². The molecule has 0 N–H and O–H groups in total. The standard InChI is InChI=1S/C58H38N2O/c1-2-13-43-35-50(32-28-39(43)12-1)59(48-18-10-17-45(36-48)46-29-33-54-53-22-5-8-25-57(53)61-58(54)38-46)47-30-26-40(27-31-47)41-14-9-15-42(34-41)44-16-11-19-49(37-44)60-55-23-6-3-20-51(55)52-21-4-7-24-56(52)60/h1-38H. The topological polar surface area (TPSA) is 21.3 Å². The summed E-state index contributed by atoms with van der Waals surface area (Å²) < 4.78 is 8.67. The zero-order valence-corrected chi connectivity index (χ0v) is 33.2. The fourth-order valence-electron chi connectivity index (χ4n) is 9.20. The van der Waals surface area contributed by atoms with Crippen LogP contribution in [0.15, 0.2) is 235 Å². The summed E-state index contributed by atoms with van der Waals surface area (Å²) in [7, 11) is 0. The summed E-state index contributed by atoms with van der Waals surface area (Å²) in [5.74, 6) is 0. The van der Waals surface area contributed by atoms with Gasteiger partial charge >= 0.3 is 0 Å². The SMILES string of the molecule is c1cc(-c2ccc(N(c3cccc(-c4ccc5c(c4)oc4ccccc45)c3)c3ccc4ccccc4c3)cc2)cc(-c2cccc(-n3c4ccccc4c4ccccc43)c2)c1. The van der Waals surface area contributed by atoms with Gasteiger partial charge < -0.3 is 13.9 Å². The van der Waals surface area contributed by atoms with Crippen LogP contribution in [0.2, 0.25) is 0 Å². The van der Waals surface area contributed by atoms with E-state index in [1.165, 1.54) is 49.3 Å². The molecule has 10 aromatic carbocycles. The van der Waals surface area contributed by atoms with Crippen LogP contribution in [0.5, 0.6) is 0 Å². The van der Waals surface area contributed by atoms with Gasteiger partial charge in [0.25, 0.3) is 0 Å². The highest BCUT2D eigenvalue weighted by Crippen LogP contribution is 2.40. The Hall–Kier alpha value is -8.14. The minimum absolute atomic E-state index is 0.894. The lowest BCUT2D eigenvalue weighted by Gasteiger charge is -2.26. The fourth-order valence-corrected chi connectivity index (χ4v) is 9.20. The summed E-state index contributed by atoms with van der Waals surface area (Å²) >= 11 is 0. The van der Waals surface area contributed by atoms with Crippen LogP contribution in [0.3, 0.4) is 0 Å². The smallest absolute Gasteiger partial charge is 0.136 e. The van der Waals surface area contributed by atoms with Gasteiger partial charge in [-0.15, -0.1) is 0 Å². The molecule has 0 amide bonds. The molecule has 286 valence electrons. The van der Waals surface area contributed by atoms with Crippen LogP contribution < -0.4 is 4.90 Å². The molecule has 0 aliphatic carbocycles. The first kappa shape index (κ1) is 34.9. The summed E-state index contributed by atoms with van der Waals surface area (Å²) in [5, 5.41) is 7.22. The van der Waals surface area contributed by atoms with E-state index in [9.17, 15) is 0 Å². The average molecular weight is 779 g/mol. The molecule has 0 saturated heterocycles. The maximum Gasteiger partial charge on any atom is 0.136 e. The molecule has 0 atom stereocenters. The second kappa shape index (κ2) is 14.3. The molecule has 0 spiro atoms. The van der Waals surface area contributed by atoms with E-state index in [0.29, 0.717) is 0 Å². The van der Waals surface area contributed by atoms with Gasteiger partial charge in [-0.3, -0.25) is 0 Å². The zero-order valence-electron chi connectivity index (χ0n) is 33.2. The Labute approximate surface area is 353 Å². The minimum atomic E-state index is 0.894. The molecule has 3 heteroatoms. The summed E-state index contributed by atoms with van der Waals surface area (Å²) in [4.78, 5) is 2.36. The lowest BCUT2D eigenvalue weighted by Crippen LogP contribution is -2.10. The maximum absolute atomic E-state index is 6.29. The molecular formula is C58H38N2O. The van der Waals surface area contributed by atoms with Crippen molar-refractivity contribution in [3.63, 3.8) is 0 Å². The minimum Gasteiger partial charge on any atom is -0.456 e. The molecule has 2 heterocycles. The van der Waals surface area contributed by atoms with Crippen LogP contribution in [0.4, 0.5) is 17.1 Å². The van der Waals surface area contributed by atoms with Crippen LogP contribution in [0.25, 0.3) is 93.6 Å². The summed E-state index contributed by atoms with van der Waals surface area (Å²) in [5.41, 5.74) is 15.6. The Morgan fingerprint density at radius 3 is 1.62 bits per heavy atom. The predicted octanol–water partition coefficient (Wildman–Crippen LogP) is 16.3. The van der Waals surface area contributed by atoms with E-state index in [-0.39, 0.29) is 0 Å². The lowest BCUT2D eigenvalue weighted by atomic mass is 9.98. The van der Waals surface area contributed by atoms with Crippen molar-refractivity contribution >= 4 is 71.6 Å². The molecule has 0 aliphatic rings. The number of furan rings is 1. The third-order valence-electron chi connectivity index (χ3n) is 12.1. The Bertz CT molecular complexity index is 3560. The van der Waals surface area contributed by atoms with Gasteiger partial charge in [-0.25, -0.2) is 0 Å². The Morgan fingerprint density at radius 2 is 0.836 bits per heavy atom. The quantitative estimate of drug-likeness (QED) is 0.161. The molecule has 12 rings (SSSR count). The number of aromatic nitrogens is 1. The predicted molar refractivity (Wildman–Crippen MR) is 257 cm³/mol. The van der Waals surface area contributed by atoms with E-state index in [2.05, 4.69) is 228 Å². The summed E-state index contributed by atoms with van der Waals surface area (Å²) in [6.45, 7) is 0. The van der Waals surface area contributed by atoms with E-state index in [0.717, 1.165) is 61.4 Å². The zero-order chi connectivity index (χ0) is 40.3. The number of hydrogen-bond acceptors (Lipinski definition) is 2. The van der Waals surface area contributed by atoms with E-state index < -0.39 is 0 Å². The van der Waals surface area contributed by atoms with Gasteiger partial charge in [-0.1, -0.05) is 146 Å². The normalized spacial score (nSPS) is 11.6. The average Bonchev–Trinajstić information content (AvgIpc) is 3.88. The second-order valence-corrected chi connectivity index (χ2v) is 15.8. The molecule has 61 heavy (non-hydrogen) atoms. The van der Waals surface area contributed by atoms with Gasteiger partial charge in [0.2, 0.25) is 0 Å². The lowest BCUT2D eigenvalue weighted by molar-refractivity contribution is 0.669. The molecule has 12 aromatic rings. The summed E-state index contributed by atoms with van der Waals surface area (Å²) in [6, 6.07) is 83.0. The number of para-hydroxylation sites is 3. The van der Waals surface area contributed by atoms with Crippen molar-refractivity contribution in [3.05, 3.63) is 231 Å². The Balaban J connectivity index is 0.908. The highest BCUT2D eigenvalue weighted by molar-refractivity contribution is 6.09. The molecule has 0 unspecified atom stereocenters. The summed E-state index contributed by atoms with van der Waals surface area (Å²) in [6.07, 6.45) is 0. The van der Waals surface area contributed by atoms with Crippen molar-refractivity contribution in [3.8, 4) is 39.1 Å². The number of anilines is 3. The van der Waals surface area contributed by atoms with Crippen molar-refractivity contribution in [2.75, 3.05) is 4.90 Å². The van der Waals surface area contributed by atoms with E-state index in [1.54, 1.807) is 0 Å². The monoisotopic (exact) mass is 778 g/mol. The van der Waals surface area contributed by atoms with Crippen molar-refractivity contribution in [1.29, 1.82) is 0 Å². The van der Waals surface area contributed by atoms with Crippen LogP contribution in [0, 0.1) is 0 Å². The molecule has 0 bridgehead atoms. The van der Waals surface area contributed by atoms with E-state index in [4.69, 9.17) is 4.42 Å². The molecule has 2 aromatic heterocycles. The van der Waals surface area contributed by atoms with Gasteiger partial charge in [0.05, 0.1) is 11.0 Å². The molecule has 0 fully saturated rings. The number of rotatable bonds is 7. The van der Waals surface area contributed by atoms with Gasteiger partial charge in [0.1, 0.15) is 11.2 Å². The molecule has 0 radical (unpaired) electrons. The van der Waals surface area contributed by atoms with Gasteiger partial charge in [0.15, 0.2) is 0 Å². The Morgan fingerprint density at radius 1 is 0.295 bits per heavy atom. The van der Waals surface area contributed by atoms with Crippen molar-refractivity contribution in [1.82, 2.24) is 4.57 Å². The molecular weight excluding hydrogens is 741 g/mol. The Kier molecular flexibility index (Phi) is 8.17. The fraction of sp³-hybridized carbons (Fsp3) is 0. The van der Waals surface area contributed by atoms with Crippen molar-refractivity contribution in [2.24, 2.45) is 0 Å². The van der Waals surface area contributed by atoms with Gasteiger partial charge in [-0.2, -0.15) is 0 Å². The number of nitrogens with zero attached hydrogens (tertiary/aromatic N) is 2. The van der Waals surface area contributed by atoms with E-state index >= 15 is 0 Å². The molecule has 3 nitrogen and oxygen atoms in total. The van der Waals surface area contributed by atoms with Gasteiger partial charge in [-0.05, 0) is 129 Å². The third-order valence-corrected chi connectivity index (χ3v) is 12.1. The second-order valence-electron chi connectivity index (χ2n) is 15.8.